The fourth-order valence-corrected chi connectivity index (χ4v) is 1.70. The van der Waals surface area contributed by atoms with Gasteiger partial charge < -0.3 is 15.2 Å². The molecule has 0 aliphatic heterocycles. The average Bonchev–Trinajstić information content (AvgIpc) is 2.47. The van der Waals surface area contributed by atoms with Gasteiger partial charge in [0.25, 0.3) is 0 Å². The molecule has 2 aromatic carbocycles. The number of benzene rings is 2. The summed E-state index contributed by atoms with van der Waals surface area (Å²) in [6, 6.07) is 13.4. The first-order chi connectivity index (χ1) is 10.1. The number of carbonyl (C=O) groups is 2. The van der Waals surface area contributed by atoms with Crippen molar-refractivity contribution < 1.29 is 19.1 Å². The molecule has 0 spiro atoms. The molecule has 0 radical (unpaired) electrons. The molecule has 5 nitrogen and oxygen atoms in total. The highest BCUT2D eigenvalue weighted by Gasteiger charge is 2.08. The zero-order valence-corrected chi connectivity index (χ0v) is 11.5. The molecule has 0 bridgehead atoms. The van der Waals surface area contributed by atoms with Crippen LogP contribution >= 0.6 is 0 Å². The summed E-state index contributed by atoms with van der Waals surface area (Å²) in [5.74, 6) is -0.0854. The highest BCUT2D eigenvalue weighted by Crippen LogP contribution is 2.16. The molecular weight excluding hydrogens is 270 g/mol. The zero-order chi connectivity index (χ0) is 15.2. The molecule has 2 rings (SSSR count). The maximum absolute atomic E-state index is 11.7. The molecule has 0 aliphatic rings. The van der Waals surface area contributed by atoms with E-state index in [9.17, 15) is 9.59 Å². The number of hydrogen-bond donors (Lipinski definition) is 1. The van der Waals surface area contributed by atoms with Crippen molar-refractivity contribution in [2.75, 3.05) is 6.61 Å². The summed E-state index contributed by atoms with van der Waals surface area (Å²) in [7, 11) is 0. The number of primary amides is 1. The van der Waals surface area contributed by atoms with Crippen molar-refractivity contribution in [3.8, 4) is 11.5 Å². The molecule has 0 atom stereocenters. The molecule has 0 saturated carbocycles. The summed E-state index contributed by atoms with van der Waals surface area (Å²) in [4.78, 5) is 22.6. The molecule has 0 aliphatic carbocycles. The van der Waals surface area contributed by atoms with E-state index in [1.165, 1.54) is 24.3 Å². The van der Waals surface area contributed by atoms with Crippen molar-refractivity contribution in [1.82, 2.24) is 0 Å². The molecule has 2 N–H and O–H groups in total. The van der Waals surface area contributed by atoms with Crippen molar-refractivity contribution in [2.24, 2.45) is 5.73 Å². The van der Waals surface area contributed by atoms with Gasteiger partial charge in [-0.15, -0.1) is 0 Å². The minimum absolute atomic E-state index is 0.192. The Labute approximate surface area is 122 Å². The lowest BCUT2D eigenvalue weighted by molar-refractivity contribution is -0.136. The number of amides is 1. The normalized spacial score (nSPS) is 9.95. The summed E-state index contributed by atoms with van der Waals surface area (Å²) in [5, 5.41) is 0. The lowest BCUT2D eigenvalue weighted by Gasteiger charge is -2.08. The number of aryl methyl sites for hydroxylation is 1. The summed E-state index contributed by atoms with van der Waals surface area (Å²) in [6.45, 7) is 1.70. The summed E-state index contributed by atoms with van der Waals surface area (Å²) in [5.41, 5.74) is 6.42. The number of hydrogen-bond acceptors (Lipinski definition) is 4. The van der Waals surface area contributed by atoms with Gasteiger partial charge in [-0.2, -0.15) is 0 Å². The van der Waals surface area contributed by atoms with E-state index in [0.717, 1.165) is 5.56 Å². The fourth-order valence-electron chi connectivity index (χ4n) is 1.70. The monoisotopic (exact) mass is 285 g/mol. The van der Waals surface area contributed by atoms with Gasteiger partial charge in [-0.05, 0) is 42.8 Å². The third kappa shape index (κ3) is 4.07. The van der Waals surface area contributed by atoms with Crippen molar-refractivity contribution in [2.45, 2.75) is 6.92 Å². The van der Waals surface area contributed by atoms with Gasteiger partial charge >= 0.3 is 5.97 Å². The van der Waals surface area contributed by atoms with Crippen LogP contribution in [0.25, 0.3) is 0 Å². The first kappa shape index (κ1) is 14.6. The van der Waals surface area contributed by atoms with Crippen LogP contribution in [-0.2, 0) is 4.79 Å². The Morgan fingerprint density at radius 1 is 1.05 bits per heavy atom. The van der Waals surface area contributed by atoms with Crippen LogP contribution in [-0.4, -0.2) is 18.5 Å². The number of carbonyl (C=O) groups excluding carboxylic acids is 2. The molecule has 0 saturated heterocycles. The summed E-state index contributed by atoms with van der Waals surface area (Å²) >= 11 is 0. The van der Waals surface area contributed by atoms with Gasteiger partial charge in [0, 0.05) is 5.56 Å². The van der Waals surface area contributed by atoms with Crippen LogP contribution in [0.4, 0.5) is 0 Å². The molecule has 0 fully saturated rings. The van der Waals surface area contributed by atoms with Crippen LogP contribution in [0, 0.1) is 6.92 Å². The molecule has 5 heteroatoms. The van der Waals surface area contributed by atoms with Crippen LogP contribution in [0.2, 0.25) is 0 Å². The van der Waals surface area contributed by atoms with Gasteiger partial charge in [-0.25, -0.2) is 4.79 Å². The van der Waals surface area contributed by atoms with E-state index in [1.54, 1.807) is 6.07 Å². The Morgan fingerprint density at radius 3 is 2.33 bits per heavy atom. The van der Waals surface area contributed by atoms with Crippen LogP contribution in [0.5, 0.6) is 11.5 Å². The first-order valence-corrected chi connectivity index (χ1v) is 6.35. The second kappa shape index (κ2) is 6.56. The lowest BCUT2D eigenvalue weighted by atomic mass is 10.2. The standard InChI is InChI=1S/C16H15NO4/c1-11-4-2-3-5-14(11)20-10-15(18)21-13-8-6-12(7-9-13)16(17)19/h2-9H,10H2,1H3,(H2,17,19). The van der Waals surface area contributed by atoms with E-state index in [2.05, 4.69) is 0 Å². The van der Waals surface area contributed by atoms with Crippen molar-refractivity contribution in [1.29, 1.82) is 0 Å². The van der Waals surface area contributed by atoms with Crippen molar-refractivity contribution >= 4 is 11.9 Å². The maximum Gasteiger partial charge on any atom is 0.349 e. The number of rotatable bonds is 5. The largest absolute Gasteiger partial charge is 0.482 e. The van der Waals surface area contributed by atoms with Gasteiger partial charge in [0.15, 0.2) is 6.61 Å². The molecule has 108 valence electrons. The lowest BCUT2D eigenvalue weighted by Crippen LogP contribution is -2.18. The Kier molecular flexibility index (Phi) is 4.56. The van der Waals surface area contributed by atoms with Crippen molar-refractivity contribution in [3.05, 3.63) is 59.7 Å². The minimum Gasteiger partial charge on any atom is -0.482 e. The topological polar surface area (TPSA) is 78.6 Å². The number of para-hydroxylation sites is 1. The quantitative estimate of drug-likeness (QED) is 0.674. The highest BCUT2D eigenvalue weighted by molar-refractivity contribution is 5.92. The minimum atomic E-state index is -0.532. The molecular formula is C16H15NO4. The van der Waals surface area contributed by atoms with Gasteiger partial charge in [-0.1, -0.05) is 18.2 Å². The summed E-state index contributed by atoms with van der Waals surface area (Å²) in [6.07, 6.45) is 0. The fraction of sp³-hybridized carbons (Fsp3) is 0.125. The van der Waals surface area contributed by atoms with Gasteiger partial charge in [0.1, 0.15) is 11.5 Å². The third-order valence-corrected chi connectivity index (χ3v) is 2.81. The van der Waals surface area contributed by atoms with Crippen LogP contribution in [0.1, 0.15) is 15.9 Å². The van der Waals surface area contributed by atoms with E-state index >= 15 is 0 Å². The second-order valence-corrected chi connectivity index (χ2v) is 4.42. The SMILES string of the molecule is Cc1ccccc1OCC(=O)Oc1ccc(C(N)=O)cc1. The van der Waals surface area contributed by atoms with E-state index in [-0.39, 0.29) is 6.61 Å². The zero-order valence-electron chi connectivity index (χ0n) is 11.5. The molecule has 1 amide bonds. The smallest absolute Gasteiger partial charge is 0.349 e. The average molecular weight is 285 g/mol. The van der Waals surface area contributed by atoms with E-state index in [0.29, 0.717) is 17.1 Å². The number of ether oxygens (including phenoxy) is 2. The number of esters is 1. The summed E-state index contributed by atoms with van der Waals surface area (Å²) < 4.78 is 10.5. The Morgan fingerprint density at radius 2 is 1.71 bits per heavy atom. The van der Waals surface area contributed by atoms with Crippen LogP contribution in [0.15, 0.2) is 48.5 Å². The molecule has 21 heavy (non-hydrogen) atoms. The second-order valence-electron chi connectivity index (χ2n) is 4.42. The van der Waals surface area contributed by atoms with Gasteiger partial charge in [-0.3, -0.25) is 4.79 Å². The van der Waals surface area contributed by atoms with E-state index in [1.807, 2.05) is 25.1 Å². The van der Waals surface area contributed by atoms with Crippen molar-refractivity contribution in [3.63, 3.8) is 0 Å². The van der Waals surface area contributed by atoms with Gasteiger partial charge in [0.2, 0.25) is 5.91 Å². The maximum atomic E-state index is 11.7. The highest BCUT2D eigenvalue weighted by atomic mass is 16.6. The Balaban J connectivity index is 1.90. The predicted molar refractivity (Wildman–Crippen MR) is 77.3 cm³/mol. The number of nitrogens with two attached hydrogens (primary N) is 1. The first-order valence-electron chi connectivity index (χ1n) is 6.35. The van der Waals surface area contributed by atoms with Crippen LogP contribution in [0.3, 0.4) is 0 Å². The van der Waals surface area contributed by atoms with E-state index < -0.39 is 11.9 Å². The molecule has 2 aromatic rings. The van der Waals surface area contributed by atoms with E-state index in [4.69, 9.17) is 15.2 Å². The van der Waals surface area contributed by atoms with Crippen LogP contribution < -0.4 is 15.2 Å². The molecule has 0 heterocycles. The third-order valence-electron chi connectivity index (χ3n) is 2.81. The molecule has 0 unspecified atom stereocenters. The Hall–Kier alpha value is -2.82. The predicted octanol–water partition coefficient (Wildman–Crippen LogP) is 2.08. The Bertz CT molecular complexity index is 650. The van der Waals surface area contributed by atoms with Gasteiger partial charge in [0.05, 0.1) is 0 Å². The molecule has 0 aromatic heterocycles.